The van der Waals surface area contributed by atoms with E-state index < -0.39 is 0 Å². The van der Waals surface area contributed by atoms with Gasteiger partial charge in [-0.05, 0) is 25.8 Å². The van der Waals surface area contributed by atoms with Gasteiger partial charge in [-0.2, -0.15) is 5.10 Å². The molecule has 2 unspecified atom stereocenters. The van der Waals surface area contributed by atoms with E-state index in [-0.39, 0.29) is 12.4 Å². The highest BCUT2D eigenvalue weighted by molar-refractivity contribution is 5.85. The van der Waals surface area contributed by atoms with Crippen LogP contribution in [0, 0.1) is 0 Å². The number of likely N-dealkylation sites (tertiary alicyclic amines) is 1. The van der Waals surface area contributed by atoms with Crippen LogP contribution in [0.3, 0.4) is 0 Å². The fourth-order valence-electron chi connectivity index (χ4n) is 2.72. The van der Waals surface area contributed by atoms with E-state index in [2.05, 4.69) is 27.7 Å². The monoisotopic (exact) mass is 288 g/mol. The summed E-state index contributed by atoms with van der Waals surface area (Å²) in [4.78, 5) is 2.46. The molecule has 0 saturated carbocycles. The van der Waals surface area contributed by atoms with Crippen molar-refractivity contribution in [2.24, 2.45) is 5.73 Å². The number of halogens is 1. The number of aryl methyl sites for hydroxylation is 1. The fraction of sp³-hybridized carbons (Fsp3) is 0.769. The molecule has 1 aliphatic heterocycles. The third-order valence-electron chi connectivity index (χ3n) is 3.86. The predicted octanol–water partition coefficient (Wildman–Crippen LogP) is 1.26. The highest BCUT2D eigenvalue weighted by Crippen LogP contribution is 2.21. The molecule has 6 heteroatoms. The lowest BCUT2D eigenvalue weighted by Gasteiger charge is -2.38. The van der Waals surface area contributed by atoms with Crippen molar-refractivity contribution in [2.75, 3.05) is 20.2 Å². The average Bonchev–Trinajstić information content (AvgIpc) is 2.86. The number of nitrogens with two attached hydrogens (primary N) is 1. The van der Waals surface area contributed by atoms with E-state index in [9.17, 15) is 0 Å². The van der Waals surface area contributed by atoms with Gasteiger partial charge in [0.1, 0.15) is 0 Å². The zero-order valence-electron chi connectivity index (χ0n) is 11.8. The molecule has 5 nitrogen and oxygen atoms in total. The second-order valence-electron chi connectivity index (χ2n) is 4.88. The second kappa shape index (κ2) is 7.85. The van der Waals surface area contributed by atoms with Crippen molar-refractivity contribution in [1.29, 1.82) is 0 Å². The standard InChI is InChI=1S/C13H24N4O.ClH/c1-3-17-11(4-6-15-17)10-16-7-5-13(18-2)8-12(16)9-14;/h4,6,12-13H,3,5,7-10,14H2,1-2H3;1H. The van der Waals surface area contributed by atoms with Crippen molar-refractivity contribution in [1.82, 2.24) is 14.7 Å². The maximum absolute atomic E-state index is 5.89. The highest BCUT2D eigenvalue weighted by Gasteiger charge is 2.27. The molecule has 1 aliphatic rings. The lowest BCUT2D eigenvalue weighted by Crippen LogP contribution is -2.48. The molecule has 2 heterocycles. The average molecular weight is 289 g/mol. The minimum absolute atomic E-state index is 0. The van der Waals surface area contributed by atoms with Crippen LogP contribution in [0.25, 0.3) is 0 Å². The van der Waals surface area contributed by atoms with Crippen molar-refractivity contribution in [3.05, 3.63) is 18.0 Å². The highest BCUT2D eigenvalue weighted by atomic mass is 35.5. The molecule has 1 aromatic heterocycles. The van der Waals surface area contributed by atoms with Gasteiger partial charge in [-0.3, -0.25) is 9.58 Å². The summed E-state index contributed by atoms with van der Waals surface area (Å²) in [5, 5.41) is 4.32. The zero-order valence-corrected chi connectivity index (χ0v) is 12.6. The summed E-state index contributed by atoms with van der Waals surface area (Å²) in [5.74, 6) is 0. The van der Waals surface area contributed by atoms with Gasteiger partial charge in [-0.1, -0.05) is 0 Å². The number of aromatic nitrogens is 2. The van der Waals surface area contributed by atoms with Gasteiger partial charge in [0, 0.05) is 45.5 Å². The van der Waals surface area contributed by atoms with Crippen LogP contribution in [0.1, 0.15) is 25.5 Å². The van der Waals surface area contributed by atoms with Crippen LogP contribution in [-0.2, 0) is 17.8 Å². The third-order valence-corrected chi connectivity index (χ3v) is 3.86. The van der Waals surface area contributed by atoms with E-state index in [0.29, 0.717) is 18.7 Å². The molecule has 0 aromatic carbocycles. The molecule has 1 saturated heterocycles. The molecule has 19 heavy (non-hydrogen) atoms. The summed E-state index contributed by atoms with van der Waals surface area (Å²) in [6.07, 6.45) is 4.37. The molecule has 0 amide bonds. The Bertz CT molecular complexity index is 371. The molecule has 2 rings (SSSR count). The van der Waals surface area contributed by atoms with E-state index in [1.807, 2.05) is 6.20 Å². The van der Waals surface area contributed by atoms with E-state index in [4.69, 9.17) is 10.5 Å². The molecule has 2 N–H and O–H groups in total. The van der Waals surface area contributed by atoms with Crippen LogP contribution in [0.4, 0.5) is 0 Å². The van der Waals surface area contributed by atoms with Gasteiger partial charge in [-0.25, -0.2) is 0 Å². The Labute approximate surface area is 121 Å². The molecular weight excluding hydrogens is 264 g/mol. The first-order valence-electron chi connectivity index (χ1n) is 6.76. The van der Waals surface area contributed by atoms with Crippen LogP contribution in [0.5, 0.6) is 0 Å². The number of rotatable bonds is 5. The summed E-state index contributed by atoms with van der Waals surface area (Å²) >= 11 is 0. The van der Waals surface area contributed by atoms with Crippen molar-refractivity contribution in [3.63, 3.8) is 0 Å². The first-order valence-corrected chi connectivity index (χ1v) is 6.76. The smallest absolute Gasteiger partial charge is 0.0599 e. The van der Waals surface area contributed by atoms with Gasteiger partial charge >= 0.3 is 0 Å². The topological polar surface area (TPSA) is 56.3 Å². The Morgan fingerprint density at radius 1 is 1.53 bits per heavy atom. The molecule has 0 aliphatic carbocycles. The molecular formula is C13H25ClN4O. The van der Waals surface area contributed by atoms with Crippen LogP contribution in [0.15, 0.2) is 12.3 Å². The summed E-state index contributed by atoms with van der Waals surface area (Å²) in [6.45, 7) is 5.72. The third kappa shape index (κ3) is 3.92. The van der Waals surface area contributed by atoms with E-state index in [0.717, 1.165) is 32.5 Å². The predicted molar refractivity (Wildman–Crippen MR) is 78.4 cm³/mol. The zero-order chi connectivity index (χ0) is 13.0. The summed E-state index contributed by atoms with van der Waals surface area (Å²) in [5.41, 5.74) is 7.16. The van der Waals surface area contributed by atoms with Crippen molar-refractivity contribution >= 4 is 12.4 Å². The minimum Gasteiger partial charge on any atom is -0.381 e. The lowest BCUT2D eigenvalue weighted by molar-refractivity contribution is 0.00933. The molecule has 0 spiro atoms. The van der Waals surface area contributed by atoms with Crippen LogP contribution in [0.2, 0.25) is 0 Å². The van der Waals surface area contributed by atoms with Gasteiger partial charge < -0.3 is 10.5 Å². The van der Waals surface area contributed by atoms with Gasteiger partial charge in [0.2, 0.25) is 0 Å². The first kappa shape index (κ1) is 16.4. The quantitative estimate of drug-likeness (QED) is 0.886. The number of ether oxygens (including phenoxy) is 1. The van der Waals surface area contributed by atoms with Gasteiger partial charge in [-0.15, -0.1) is 12.4 Å². The Balaban J connectivity index is 0.00000180. The van der Waals surface area contributed by atoms with Crippen LogP contribution in [-0.4, -0.2) is 47.0 Å². The van der Waals surface area contributed by atoms with E-state index >= 15 is 0 Å². The molecule has 110 valence electrons. The van der Waals surface area contributed by atoms with Crippen molar-refractivity contribution in [3.8, 4) is 0 Å². The van der Waals surface area contributed by atoms with E-state index in [1.165, 1.54) is 5.69 Å². The summed E-state index contributed by atoms with van der Waals surface area (Å²) in [7, 11) is 1.79. The number of hydrogen-bond donors (Lipinski definition) is 1. The Morgan fingerprint density at radius 2 is 2.32 bits per heavy atom. The maximum Gasteiger partial charge on any atom is 0.0599 e. The molecule has 1 fully saturated rings. The Kier molecular flexibility index (Phi) is 6.79. The van der Waals surface area contributed by atoms with Crippen LogP contribution >= 0.6 is 12.4 Å². The normalized spacial score (nSPS) is 24.2. The number of piperidine rings is 1. The molecule has 1 aromatic rings. The lowest BCUT2D eigenvalue weighted by atomic mass is 9.99. The van der Waals surface area contributed by atoms with Crippen LogP contribution < -0.4 is 5.73 Å². The SMILES string of the molecule is CCn1nccc1CN1CCC(OC)CC1CN.Cl. The summed E-state index contributed by atoms with van der Waals surface area (Å²) in [6, 6.07) is 2.52. The minimum atomic E-state index is 0. The van der Waals surface area contributed by atoms with Crippen molar-refractivity contribution < 1.29 is 4.74 Å². The van der Waals surface area contributed by atoms with Gasteiger partial charge in [0.05, 0.1) is 11.8 Å². The summed E-state index contributed by atoms with van der Waals surface area (Å²) < 4.78 is 7.50. The molecule has 2 atom stereocenters. The van der Waals surface area contributed by atoms with Gasteiger partial charge in [0.15, 0.2) is 0 Å². The largest absolute Gasteiger partial charge is 0.381 e. The first-order chi connectivity index (χ1) is 8.78. The Morgan fingerprint density at radius 3 is 2.95 bits per heavy atom. The second-order valence-corrected chi connectivity index (χ2v) is 4.88. The van der Waals surface area contributed by atoms with Crippen molar-refractivity contribution in [2.45, 2.75) is 45.0 Å². The van der Waals surface area contributed by atoms with Gasteiger partial charge in [0.25, 0.3) is 0 Å². The number of nitrogens with zero attached hydrogens (tertiary/aromatic N) is 3. The molecule has 0 bridgehead atoms. The Hall–Kier alpha value is -0.620. The molecule has 0 radical (unpaired) electrons. The maximum atomic E-state index is 5.89. The number of hydrogen-bond acceptors (Lipinski definition) is 4. The van der Waals surface area contributed by atoms with E-state index in [1.54, 1.807) is 7.11 Å². The number of methoxy groups -OCH3 is 1. The fourth-order valence-corrected chi connectivity index (χ4v) is 2.72.